The fourth-order valence-corrected chi connectivity index (χ4v) is 2.47. The van der Waals surface area contributed by atoms with Gasteiger partial charge in [-0.15, -0.1) is 0 Å². The molecule has 0 fully saturated rings. The van der Waals surface area contributed by atoms with Crippen molar-refractivity contribution >= 4 is 11.5 Å². The molecule has 0 radical (unpaired) electrons. The van der Waals surface area contributed by atoms with Gasteiger partial charge in [0, 0.05) is 17.7 Å². The molecule has 0 aromatic heterocycles. The second-order valence-corrected chi connectivity index (χ2v) is 4.78. The highest BCUT2D eigenvalue weighted by atomic mass is 16.1. The van der Waals surface area contributed by atoms with Gasteiger partial charge in [0.25, 0.3) is 0 Å². The van der Waals surface area contributed by atoms with E-state index in [4.69, 9.17) is 0 Å². The number of nitrogens with one attached hydrogen (secondary N) is 1. The lowest BCUT2D eigenvalue weighted by atomic mass is 9.92. The zero-order valence-electron chi connectivity index (χ0n) is 10.3. The van der Waals surface area contributed by atoms with E-state index in [-0.39, 0.29) is 11.8 Å². The Hall–Kier alpha value is -2.09. The first kappa shape index (κ1) is 11.0. The summed E-state index contributed by atoms with van der Waals surface area (Å²) in [6.07, 6.45) is 0.528. The van der Waals surface area contributed by atoms with Crippen LogP contribution in [0.15, 0.2) is 48.5 Å². The van der Waals surface area contributed by atoms with Crippen molar-refractivity contribution in [3.8, 4) is 0 Å². The fourth-order valence-electron chi connectivity index (χ4n) is 2.47. The number of aryl methyl sites for hydroxylation is 1. The molecule has 18 heavy (non-hydrogen) atoms. The molecule has 0 spiro atoms. The molecule has 3 rings (SSSR count). The SMILES string of the molecule is Cc1cccc([C@H]2CC(=O)c3ccccc3N2)c1. The van der Waals surface area contributed by atoms with Crippen LogP contribution in [0.3, 0.4) is 0 Å². The van der Waals surface area contributed by atoms with Crippen molar-refractivity contribution in [1.29, 1.82) is 0 Å². The van der Waals surface area contributed by atoms with Gasteiger partial charge in [0.05, 0.1) is 6.04 Å². The largest absolute Gasteiger partial charge is 0.377 e. The highest BCUT2D eigenvalue weighted by Gasteiger charge is 2.24. The Morgan fingerprint density at radius 1 is 1.11 bits per heavy atom. The zero-order valence-corrected chi connectivity index (χ0v) is 10.3. The van der Waals surface area contributed by atoms with Crippen LogP contribution in [0, 0.1) is 6.92 Å². The Bertz CT molecular complexity index is 604. The second kappa shape index (κ2) is 4.30. The number of hydrogen-bond donors (Lipinski definition) is 1. The third-order valence-corrected chi connectivity index (χ3v) is 3.39. The van der Waals surface area contributed by atoms with Gasteiger partial charge in [0.15, 0.2) is 5.78 Å². The van der Waals surface area contributed by atoms with Crippen LogP contribution < -0.4 is 5.32 Å². The molecule has 0 aliphatic carbocycles. The number of ketones is 1. The summed E-state index contributed by atoms with van der Waals surface area (Å²) in [5, 5.41) is 3.45. The van der Waals surface area contributed by atoms with E-state index in [2.05, 4.69) is 30.4 Å². The maximum Gasteiger partial charge on any atom is 0.167 e. The van der Waals surface area contributed by atoms with Crippen LogP contribution in [-0.4, -0.2) is 5.78 Å². The van der Waals surface area contributed by atoms with Gasteiger partial charge in [-0.2, -0.15) is 0 Å². The lowest BCUT2D eigenvalue weighted by molar-refractivity contribution is 0.0972. The summed E-state index contributed by atoms with van der Waals surface area (Å²) in [6, 6.07) is 16.1. The van der Waals surface area contributed by atoms with E-state index in [1.54, 1.807) is 0 Å². The number of para-hydroxylation sites is 1. The molecule has 0 amide bonds. The van der Waals surface area contributed by atoms with Crippen molar-refractivity contribution < 1.29 is 4.79 Å². The number of benzene rings is 2. The van der Waals surface area contributed by atoms with Crippen LogP contribution in [0.1, 0.15) is 33.9 Å². The highest BCUT2D eigenvalue weighted by molar-refractivity contribution is 6.03. The van der Waals surface area contributed by atoms with Gasteiger partial charge in [-0.1, -0.05) is 42.0 Å². The van der Waals surface area contributed by atoms with Gasteiger partial charge >= 0.3 is 0 Å². The zero-order chi connectivity index (χ0) is 12.5. The van der Waals surface area contributed by atoms with Gasteiger partial charge < -0.3 is 5.32 Å². The molecule has 0 unspecified atom stereocenters. The van der Waals surface area contributed by atoms with Crippen LogP contribution >= 0.6 is 0 Å². The number of anilines is 1. The van der Waals surface area contributed by atoms with Crippen LogP contribution in [0.4, 0.5) is 5.69 Å². The van der Waals surface area contributed by atoms with Crippen molar-refractivity contribution in [2.24, 2.45) is 0 Å². The van der Waals surface area contributed by atoms with Crippen molar-refractivity contribution in [1.82, 2.24) is 0 Å². The van der Waals surface area contributed by atoms with Crippen molar-refractivity contribution in [2.75, 3.05) is 5.32 Å². The number of rotatable bonds is 1. The van der Waals surface area contributed by atoms with E-state index in [1.807, 2.05) is 30.3 Å². The van der Waals surface area contributed by atoms with E-state index < -0.39 is 0 Å². The summed E-state index contributed by atoms with van der Waals surface area (Å²) in [5.74, 6) is 0.218. The van der Waals surface area contributed by atoms with Crippen LogP contribution in [0.5, 0.6) is 0 Å². The Labute approximate surface area is 107 Å². The van der Waals surface area contributed by atoms with E-state index in [0.717, 1.165) is 11.3 Å². The first-order valence-electron chi connectivity index (χ1n) is 6.19. The molecule has 1 N–H and O–H groups in total. The Kier molecular flexibility index (Phi) is 2.63. The third kappa shape index (κ3) is 1.90. The van der Waals surface area contributed by atoms with Crippen molar-refractivity contribution in [2.45, 2.75) is 19.4 Å². The van der Waals surface area contributed by atoms with E-state index in [9.17, 15) is 4.79 Å². The van der Waals surface area contributed by atoms with E-state index >= 15 is 0 Å². The van der Waals surface area contributed by atoms with Gasteiger partial charge in [0.1, 0.15) is 0 Å². The third-order valence-electron chi connectivity index (χ3n) is 3.39. The second-order valence-electron chi connectivity index (χ2n) is 4.78. The van der Waals surface area contributed by atoms with Gasteiger partial charge in [-0.3, -0.25) is 4.79 Å². The summed E-state index contributed by atoms with van der Waals surface area (Å²) < 4.78 is 0. The molecule has 90 valence electrons. The highest BCUT2D eigenvalue weighted by Crippen LogP contribution is 2.32. The minimum absolute atomic E-state index is 0.0901. The number of hydrogen-bond acceptors (Lipinski definition) is 2. The van der Waals surface area contributed by atoms with Gasteiger partial charge in [0.2, 0.25) is 0 Å². The smallest absolute Gasteiger partial charge is 0.167 e. The summed E-state index contributed by atoms with van der Waals surface area (Å²) in [5.41, 5.74) is 4.15. The lowest BCUT2D eigenvalue weighted by Gasteiger charge is -2.26. The molecule has 0 saturated carbocycles. The predicted octanol–water partition coefficient (Wildman–Crippen LogP) is 3.73. The minimum atomic E-state index is 0.0901. The summed E-state index contributed by atoms with van der Waals surface area (Å²) in [7, 11) is 0. The Morgan fingerprint density at radius 3 is 2.78 bits per heavy atom. The molecule has 1 heterocycles. The van der Waals surface area contributed by atoms with Crippen molar-refractivity contribution in [3.05, 3.63) is 65.2 Å². The van der Waals surface area contributed by atoms with Crippen LogP contribution in [-0.2, 0) is 0 Å². The van der Waals surface area contributed by atoms with Gasteiger partial charge in [-0.05, 0) is 24.6 Å². The number of fused-ring (bicyclic) bond motifs is 1. The molecular weight excluding hydrogens is 222 g/mol. The lowest BCUT2D eigenvalue weighted by Crippen LogP contribution is -2.22. The molecule has 2 heteroatoms. The molecule has 2 aromatic carbocycles. The average molecular weight is 237 g/mol. The summed E-state index contributed by atoms with van der Waals surface area (Å²) in [4.78, 5) is 12.1. The normalized spacial score (nSPS) is 18.1. The summed E-state index contributed by atoms with van der Waals surface area (Å²) in [6.45, 7) is 2.07. The molecule has 0 saturated heterocycles. The topological polar surface area (TPSA) is 29.1 Å². The molecule has 1 aliphatic heterocycles. The van der Waals surface area contributed by atoms with Crippen LogP contribution in [0.25, 0.3) is 0 Å². The molecule has 0 bridgehead atoms. The van der Waals surface area contributed by atoms with E-state index in [1.165, 1.54) is 11.1 Å². The first-order valence-corrected chi connectivity index (χ1v) is 6.19. The minimum Gasteiger partial charge on any atom is -0.377 e. The number of carbonyl (C=O) groups is 1. The standard InChI is InChI=1S/C16H15NO/c1-11-5-4-6-12(9-11)15-10-16(18)13-7-2-3-8-14(13)17-15/h2-9,15,17H,10H2,1H3/t15-/m1/s1. The Morgan fingerprint density at radius 2 is 1.94 bits per heavy atom. The first-order chi connectivity index (χ1) is 8.74. The predicted molar refractivity (Wildman–Crippen MR) is 72.9 cm³/mol. The maximum absolute atomic E-state index is 12.1. The molecule has 2 nitrogen and oxygen atoms in total. The molecule has 2 aromatic rings. The summed E-state index contributed by atoms with van der Waals surface area (Å²) >= 11 is 0. The fraction of sp³-hybridized carbons (Fsp3) is 0.188. The monoisotopic (exact) mass is 237 g/mol. The van der Waals surface area contributed by atoms with Crippen molar-refractivity contribution in [3.63, 3.8) is 0 Å². The quantitative estimate of drug-likeness (QED) is 0.818. The average Bonchev–Trinajstić information content (AvgIpc) is 2.39. The Balaban J connectivity index is 1.97. The maximum atomic E-state index is 12.1. The number of carbonyl (C=O) groups excluding carboxylic acids is 1. The van der Waals surface area contributed by atoms with E-state index in [0.29, 0.717) is 6.42 Å². The molecular formula is C16H15NO. The molecule has 1 aliphatic rings. The number of Topliss-reactive ketones (excluding diaryl/α,β-unsaturated/α-hetero) is 1. The van der Waals surface area contributed by atoms with Crippen LogP contribution in [0.2, 0.25) is 0 Å². The van der Waals surface area contributed by atoms with Gasteiger partial charge in [-0.25, -0.2) is 0 Å². The molecule has 1 atom stereocenters.